The molecule has 1 atom stereocenters. The van der Waals surface area contributed by atoms with Crippen molar-refractivity contribution in [3.63, 3.8) is 0 Å². The number of aliphatic hydroxyl groups excluding tert-OH is 1. The molecule has 1 unspecified atom stereocenters. The van der Waals surface area contributed by atoms with Gasteiger partial charge in [-0.15, -0.1) is 0 Å². The molecule has 1 aliphatic rings. The number of carbonyl (C=O) groups is 2. The van der Waals surface area contributed by atoms with Gasteiger partial charge in [0.05, 0.1) is 12.2 Å². The highest BCUT2D eigenvalue weighted by Crippen LogP contribution is 2.40. The van der Waals surface area contributed by atoms with E-state index >= 15 is 0 Å². The summed E-state index contributed by atoms with van der Waals surface area (Å²) in [7, 11) is 0. The van der Waals surface area contributed by atoms with Gasteiger partial charge in [0.1, 0.15) is 29.1 Å². The number of hydrogen-bond donors (Lipinski definition) is 1. The zero-order valence-electron chi connectivity index (χ0n) is 18.1. The van der Waals surface area contributed by atoms with Crippen LogP contribution in [0.2, 0.25) is 0 Å². The molecule has 4 rings (SSSR count). The van der Waals surface area contributed by atoms with Gasteiger partial charge in [-0.05, 0) is 50.1 Å². The van der Waals surface area contributed by atoms with Crippen LogP contribution in [-0.4, -0.2) is 34.8 Å². The van der Waals surface area contributed by atoms with Crippen LogP contribution in [-0.2, 0) is 16.0 Å². The lowest BCUT2D eigenvalue weighted by atomic mass is 9.99. The minimum absolute atomic E-state index is 0.0195. The van der Waals surface area contributed by atoms with E-state index in [-0.39, 0.29) is 11.3 Å². The van der Waals surface area contributed by atoms with Crippen LogP contribution >= 0.6 is 0 Å². The second-order valence-corrected chi connectivity index (χ2v) is 7.64. The Morgan fingerprint density at radius 3 is 2.53 bits per heavy atom. The van der Waals surface area contributed by atoms with Gasteiger partial charge in [0.15, 0.2) is 0 Å². The van der Waals surface area contributed by atoms with E-state index in [0.717, 1.165) is 5.56 Å². The van der Waals surface area contributed by atoms with Gasteiger partial charge >= 0.3 is 0 Å². The normalized spacial score (nSPS) is 17.7. The second-order valence-electron chi connectivity index (χ2n) is 7.64. The van der Waals surface area contributed by atoms with Crippen LogP contribution in [0.5, 0.6) is 5.75 Å². The van der Waals surface area contributed by atoms with Crippen molar-refractivity contribution in [2.24, 2.45) is 0 Å². The summed E-state index contributed by atoms with van der Waals surface area (Å²) in [4.78, 5) is 27.5. The van der Waals surface area contributed by atoms with E-state index in [1.165, 1.54) is 4.90 Å². The van der Waals surface area contributed by atoms with Crippen LogP contribution in [0.25, 0.3) is 5.76 Å². The number of furan rings is 1. The number of aryl methyl sites for hydroxylation is 1. The van der Waals surface area contributed by atoms with Gasteiger partial charge in [0.2, 0.25) is 0 Å². The number of ketones is 1. The SMILES string of the molecule is CCOc1cccc(C(O)=C2C(=O)C(=O)N(CCc3ccccc3)C2c2ccc(C)o2)c1. The Morgan fingerprint density at radius 1 is 1.06 bits per heavy atom. The van der Waals surface area contributed by atoms with Crippen LogP contribution < -0.4 is 4.74 Å². The van der Waals surface area contributed by atoms with Crippen LogP contribution in [0.1, 0.15) is 35.6 Å². The molecule has 1 saturated heterocycles. The van der Waals surface area contributed by atoms with Gasteiger partial charge in [0.25, 0.3) is 11.7 Å². The van der Waals surface area contributed by atoms with Crippen molar-refractivity contribution in [3.8, 4) is 5.75 Å². The summed E-state index contributed by atoms with van der Waals surface area (Å²) >= 11 is 0. The summed E-state index contributed by atoms with van der Waals surface area (Å²) < 4.78 is 11.3. The highest BCUT2D eigenvalue weighted by atomic mass is 16.5. The predicted octanol–water partition coefficient (Wildman–Crippen LogP) is 4.65. The molecule has 3 aromatic rings. The molecule has 6 nitrogen and oxygen atoms in total. The average molecular weight is 431 g/mol. The molecule has 0 aliphatic carbocycles. The van der Waals surface area contributed by atoms with Crippen LogP contribution in [0.3, 0.4) is 0 Å². The largest absolute Gasteiger partial charge is 0.507 e. The van der Waals surface area contributed by atoms with E-state index < -0.39 is 17.7 Å². The molecule has 1 aliphatic heterocycles. The van der Waals surface area contributed by atoms with Crippen LogP contribution in [0.4, 0.5) is 0 Å². The van der Waals surface area contributed by atoms with Crippen molar-refractivity contribution in [3.05, 3.63) is 95.0 Å². The van der Waals surface area contributed by atoms with Crippen LogP contribution in [0, 0.1) is 6.92 Å². The molecule has 0 spiro atoms. The smallest absolute Gasteiger partial charge is 0.295 e. The first kappa shape index (κ1) is 21.4. The molecule has 1 aromatic heterocycles. The molecule has 1 N–H and O–H groups in total. The van der Waals surface area contributed by atoms with Gasteiger partial charge in [-0.1, -0.05) is 42.5 Å². The van der Waals surface area contributed by atoms with Crippen molar-refractivity contribution < 1.29 is 23.8 Å². The number of hydrogen-bond acceptors (Lipinski definition) is 5. The Balaban J connectivity index is 1.76. The van der Waals surface area contributed by atoms with Gasteiger partial charge in [-0.25, -0.2) is 0 Å². The average Bonchev–Trinajstić information content (AvgIpc) is 3.34. The number of rotatable bonds is 7. The Morgan fingerprint density at radius 2 is 1.84 bits per heavy atom. The predicted molar refractivity (Wildman–Crippen MR) is 120 cm³/mol. The first-order chi connectivity index (χ1) is 15.5. The van der Waals surface area contributed by atoms with Gasteiger partial charge in [-0.3, -0.25) is 9.59 Å². The van der Waals surface area contributed by atoms with Crippen molar-refractivity contribution in [2.45, 2.75) is 26.3 Å². The highest BCUT2D eigenvalue weighted by molar-refractivity contribution is 6.46. The lowest BCUT2D eigenvalue weighted by Gasteiger charge is -2.23. The monoisotopic (exact) mass is 431 g/mol. The topological polar surface area (TPSA) is 80.0 Å². The zero-order chi connectivity index (χ0) is 22.7. The van der Waals surface area contributed by atoms with Crippen molar-refractivity contribution in [1.82, 2.24) is 4.90 Å². The number of aliphatic hydroxyl groups is 1. The maximum atomic E-state index is 13.1. The minimum atomic E-state index is -0.803. The molecule has 0 bridgehead atoms. The van der Waals surface area contributed by atoms with E-state index in [9.17, 15) is 14.7 Å². The molecule has 6 heteroatoms. The number of nitrogens with zero attached hydrogens (tertiary/aromatic N) is 1. The number of benzene rings is 2. The quantitative estimate of drug-likeness (QED) is 0.335. The Kier molecular flexibility index (Phi) is 6.12. The Labute approximate surface area is 186 Å². The van der Waals surface area contributed by atoms with Gasteiger partial charge in [0, 0.05) is 12.1 Å². The molecule has 164 valence electrons. The van der Waals surface area contributed by atoms with Gasteiger partial charge in [-0.2, -0.15) is 0 Å². The number of likely N-dealkylation sites (tertiary alicyclic amines) is 1. The fourth-order valence-electron chi connectivity index (χ4n) is 3.96. The molecular weight excluding hydrogens is 406 g/mol. The first-order valence-corrected chi connectivity index (χ1v) is 10.6. The maximum absolute atomic E-state index is 13.1. The third kappa shape index (κ3) is 4.17. The molecule has 32 heavy (non-hydrogen) atoms. The fourth-order valence-corrected chi connectivity index (χ4v) is 3.96. The third-order valence-corrected chi connectivity index (χ3v) is 5.47. The lowest BCUT2D eigenvalue weighted by Crippen LogP contribution is -2.31. The van der Waals surface area contributed by atoms with E-state index in [1.807, 2.05) is 37.3 Å². The summed E-state index contributed by atoms with van der Waals surface area (Å²) in [5.74, 6) is 0.0506. The standard InChI is InChI=1S/C26H25NO5/c1-3-31-20-11-7-10-19(16-20)24(28)22-23(21-13-12-17(2)32-21)27(26(30)25(22)29)15-14-18-8-5-4-6-9-18/h4-13,16,23,28H,3,14-15H2,1-2H3. The van der Waals surface area contributed by atoms with Crippen molar-refractivity contribution in [1.29, 1.82) is 0 Å². The maximum Gasteiger partial charge on any atom is 0.295 e. The molecule has 2 aromatic carbocycles. The molecule has 1 amide bonds. The summed E-state index contributed by atoms with van der Waals surface area (Å²) in [5, 5.41) is 11.1. The minimum Gasteiger partial charge on any atom is -0.507 e. The summed E-state index contributed by atoms with van der Waals surface area (Å²) in [5.41, 5.74) is 1.48. The Bertz CT molecular complexity index is 1160. The fraction of sp³-hybridized carbons (Fsp3) is 0.231. The first-order valence-electron chi connectivity index (χ1n) is 10.6. The summed E-state index contributed by atoms with van der Waals surface area (Å²) in [6.45, 7) is 4.45. The van der Waals surface area contributed by atoms with Crippen molar-refractivity contribution in [2.75, 3.05) is 13.2 Å². The zero-order valence-corrected chi connectivity index (χ0v) is 18.1. The number of ether oxygens (including phenoxy) is 1. The Hall–Kier alpha value is -3.80. The van der Waals surface area contributed by atoms with Crippen molar-refractivity contribution >= 4 is 17.4 Å². The number of amides is 1. The highest BCUT2D eigenvalue weighted by Gasteiger charge is 2.47. The lowest BCUT2D eigenvalue weighted by molar-refractivity contribution is -0.140. The van der Waals surface area contributed by atoms with E-state index in [1.54, 1.807) is 43.3 Å². The molecule has 2 heterocycles. The second kappa shape index (κ2) is 9.14. The molecule has 0 saturated carbocycles. The molecule has 1 fully saturated rings. The van der Waals surface area contributed by atoms with Gasteiger partial charge < -0.3 is 19.2 Å². The van der Waals surface area contributed by atoms with E-state index in [4.69, 9.17) is 9.15 Å². The molecule has 0 radical (unpaired) electrons. The number of Topliss-reactive ketones (excluding diaryl/α,β-unsaturated/α-hetero) is 1. The van der Waals surface area contributed by atoms with E-state index in [2.05, 4.69) is 0 Å². The molecular formula is C26H25NO5. The number of carbonyl (C=O) groups excluding carboxylic acids is 2. The summed E-state index contributed by atoms with van der Waals surface area (Å²) in [6.07, 6.45) is 0.573. The van der Waals surface area contributed by atoms with E-state index in [0.29, 0.717) is 42.4 Å². The summed E-state index contributed by atoms with van der Waals surface area (Å²) in [6, 6.07) is 19.3. The van der Waals surface area contributed by atoms with Crippen LogP contribution in [0.15, 0.2) is 76.7 Å². The third-order valence-electron chi connectivity index (χ3n) is 5.47.